The number of anilines is 1. The van der Waals surface area contributed by atoms with Crippen LogP contribution in [0.2, 0.25) is 0 Å². The fraction of sp³-hybridized carbons (Fsp3) is 0.250. The number of aliphatic hydroxyl groups excluding tert-OH is 1. The largest absolute Gasteiger partial charge is 0.398 e. The normalized spacial score (nSPS) is 11.8. The van der Waals surface area contributed by atoms with Crippen LogP contribution in [0.5, 0.6) is 0 Å². The van der Waals surface area contributed by atoms with Crippen LogP contribution in [0, 0.1) is 0 Å². The molecule has 2 nitrogen and oxygen atoms in total. The maximum atomic E-state index is 9.12. The van der Waals surface area contributed by atoms with Crippen molar-refractivity contribution in [2.75, 3.05) is 5.73 Å². The summed E-state index contributed by atoms with van der Waals surface area (Å²) in [5, 5.41) is 9.12. The van der Waals surface area contributed by atoms with Crippen LogP contribution < -0.4 is 5.73 Å². The minimum absolute atomic E-state index is 0. The van der Waals surface area contributed by atoms with Crippen LogP contribution in [-0.2, 0) is 0 Å². The summed E-state index contributed by atoms with van der Waals surface area (Å²) in [6.45, 7) is 1.70. The SMILES string of the molecule is CC(O)c1ccccc1N.[Na]. The van der Waals surface area contributed by atoms with Crippen LogP contribution in [0.4, 0.5) is 5.69 Å². The first-order chi connectivity index (χ1) is 4.72. The Bertz CT molecular complexity index is 225. The third-order valence-electron chi connectivity index (χ3n) is 1.45. The first-order valence-corrected chi connectivity index (χ1v) is 3.24. The van der Waals surface area contributed by atoms with Crippen LogP contribution in [0.15, 0.2) is 24.3 Å². The molecule has 0 aliphatic rings. The minimum Gasteiger partial charge on any atom is -0.398 e. The van der Waals surface area contributed by atoms with Gasteiger partial charge in [-0.3, -0.25) is 0 Å². The first-order valence-electron chi connectivity index (χ1n) is 3.24. The molecular weight excluding hydrogens is 149 g/mol. The zero-order chi connectivity index (χ0) is 7.56. The van der Waals surface area contributed by atoms with E-state index in [-0.39, 0.29) is 29.6 Å². The zero-order valence-electron chi connectivity index (χ0n) is 6.91. The smallest absolute Gasteiger partial charge is 0.0781 e. The molecule has 1 radical (unpaired) electrons. The van der Waals surface area contributed by atoms with Crippen LogP contribution in [0.25, 0.3) is 0 Å². The van der Waals surface area contributed by atoms with Gasteiger partial charge in [-0.25, -0.2) is 0 Å². The average Bonchev–Trinajstić information content (AvgIpc) is 1.88. The van der Waals surface area contributed by atoms with E-state index in [4.69, 9.17) is 10.8 Å². The molecule has 55 valence electrons. The fourth-order valence-corrected chi connectivity index (χ4v) is 0.891. The number of para-hydroxylation sites is 1. The molecule has 0 bridgehead atoms. The average molecular weight is 160 g/mol. The number of rotatable bonds is 1. The van der Waals surface area contributed by atoms with E-state index >= 15 is 0 Å². The van der Waals surface area contributed by atoms with Gasteiger partial charge in [0.15, 0.2) is 0 Å². The molecule has 0 fully saturated rings. The summed E-state index contributed by atoms with van der Waals surface area (Å²) in [6, 6.07) is 7.31. The molecule has 3 N–H and O–H groups in total. The molecule has 1 atom stereocenters. The molecule has 0 aliphatic heterocycles. The summed E-state index contributed by atoms with van der Waals surface area (Å²) in [5.74, 6) is 0. The van der Waals surface area contributed by atoms with Gasteiger partial charge in [-0.2, -0.15) is 0 Å². The summed E-state index contributed by atoms with van der Waals surface area (Å²) in [5.41, 5.74) is 7.01. The number of benzene rings is 1. The molecule has 0 saturated carbocycles. The molecule has 0 aliphatic carbocycles. The van der Waals surface area contributed by atoms with Crippen molar-refractivity contribution < 1.29 is 5.11 Å². The second kappa shape index (κ2) is 4.78. The third-order valence-corrected chi connectivity index (χ3v) is 1.45. The summed E-state index contributed by atoms with van der Waals surface area (Å²) >= 11 is 0. The van der Waals surface area contributed by atoms with Gasteiger partial charge in [0, 0.05) is 40.8 Å². The van der Waals surface area contributed by atoms with Crippen LogP contribution in [0.1, 0.15) is 18.6 Å². The predicted octanol–water partition coefficient (Wildman–Crippen LogP) is 0.941. The molecule has 0 heterocycles. The van der Waals surface area contributed by atoms with Crippen molar-refractivity contribution in [2.45, 2.75) is 13.0 Å². The van der Waals surface area contributed by atoms with Crippen molar-refractivity contribution in [1.29, 1.82) is 0 Å². The number of hydrogen-bond donors (Lipinski definition) is 2. The van der Waals surface area contributed by atoms with Crippen LogP contribution in [0.3, 0.4) is 0 Å². The fourth-order valence-electron chi connectivity index (χ4n) is 0.891. The van der Waals surface area contributed by atoms with E-state index in [0.717, 1.165) is 5.56 Å². The second-order valence-electron chi connectivity index (χ2n) is 2.30. The topological polar surface area (TPSA) is 46.2 Å². The van der Waals surface area contributed by atoms with Crippen molar-refractivity contribution in [3.05, 3.63) is 29.8 Å². The summed E-state index contributed by atoms with van der Waals surface area (Å²) in [4.78, 5) is 0. The number of nitrogens with two attached hydrogens (primary N) is 1. The van der Waals surface area contributed by atoms with Gasteiger partial charge < -0.3 is 10.8 Å². The quantitative estimate of drug-likeness (QED) is 0.474. The van der Waals surface area contributed by atoms with Crippen LogP contribution in [-0.4, -0.2) is 34.7 Å². The molecular formula is C8H11NNaO. The van der Waals surface area contributed by atoms with Crippen LogP contribution >= 0.6 is 0 Å². The molecule has 3 heteroatoms. The van der Waals surface area contributed by atoms with E-state index in [1.165, 1.54) is 0 Å². The van der Waals surface area contributed by atoms with Gasteiger partial charge in [0.05, 0.1) is 6.10 Å². The van der Waals surface area contributed by atoms with Crippen molar-refractivity contribution >= 4 is 35.2 Å². The van der Waals surface area contributed by atoms with Gasteiger partial charge in [-0.1, -0.05) is 18.2 Å². The molecule has 0 spiro atoms. The molecule has 1 unspecified atom stereocenters. The Morgan fingerprint density at radius 2 is 1.91 bits per heavy atom. The molecule has 1 aromatic rings. The van der Waals surface area contributed by atoms with Gasteiger partial charge in [0.25, 0.3) is 0 Å². The van der Waals surface area contributed by atoms with E-state index in [2.05, 4.69) is 0 Å². The Labute approximate surface area is 88.7 Å². The minimum atomic E-state index is -0.471. The van der Waals surface area contributed by atoms with E-state index < -0.39 is 6.10 Å². The summed E-state index contributed by atoms with van der Waals surface area (Å²) < 4.78 is 0. The Morgan fingerprint density at radius 1 is 1.36 bits per heavy atom. The Balaban J connectivity index is 0.000001000. The Morgan fingerprint density at radius 3 is 2.27 bits per heavy atom. The summed E-state index contributed by atoms with van der Waals surface area (Å²) in [6.07, 6.45) is -0.471. The Kier molecular flexibility index (Phi) is 4.77. The van der Waals surface area contributed by atoms with E-state index in [1.807, 2.05) is 18.2 Å². The van der Waals surface area contributed by atoms with E-state index in [1.54, 1.807) is 13.0 Å². The molecule has 0 aromatic heterocycles. The zero-order valence-corrected chi connectivity index (χ0v) is 8.91. The standard InChI is InChI=1S/C8H11NO.Na/c1-6(10)7-4-2-3-5-8(7)9;/h2-6,10H,9H2,1H3;. The van der Waals surface area contributed by atoms with E-state index in [9.17, 15) is 0 Å². The number of hydrogen-bond acceptors (Lipinski definition) is 2. The van der Waals surface area contributed by atoms with Gasteiger partial charge in [-0.15, -0.1) is 0 Å². The van der Waals surface area contributed by atoms with Gasteiger partial charge in [0.1, 0.15) is 0 Å². The molecule has 0 saturated heterocycles. The monoisotopic (exact) mass is 160 g/mol. The van der Waals surface area contributed by atoms with Gasteiger partial charge in [0.2, 0.25) is 0 Å². The molecule has 11 heavy (non-hydrogen) atoms. The number of nitrogen functional groups attached to an aromatic ring is 1. The van der Waals surface area contributed by atoms with Crippen molar-refractivity contribution in [3.63, 3.8) is 0 Å². The second-order valence-corrected chi connectivity index (χ2v) is 2.30. The molecule has 1 rings (SSSR count). The maximum Gasteiger partial charge on any atom is 0.0781 e. The van der Waals surface area contributed by atoms with Gasteiger partial charge in [-0.05, 0) is 13.0 Å². The van der Waals surface area contributed by atoms with Crippen molar-refractivity contribution in [2.24, 2.45) is 0 Å². The Hall–Kier alpha value is -0.0200. The molecule has 0 amide bonds. The molecule has 1 aromatic carbocycles. The first kappa shape index (κ1) is 11.0. The predicted molar refractivity (Wildman–Crippen MR) is 47.2 cm³/mol. The number of aliphatic hydroxyl groups is 1. The van der Waals surface area contributed by atoms with Crippen molar-refractivity contribution in [1.82, 2.24) is 0 Å². The van der Waals surface area contributed by atoms with Gasteiger partial charge >= 0.3 is 0 Å². The third kappa shape index (κ3) is 2.83. The summed E-state index contributed by atoms with van der Waals surface area (Å²) in [7, 11) is 0. The van der Waals surface area contributed by atoms with E-state index in [0.29, 0.717) is 5.69 Å². The maximum absolute atomic E-state index is 9.12. The van der Waals surface area contributed by atoms with Crippen molar-refractivity contribution in [3.8, 4) is 0 Å².